The maximum absolute atomic E-state index is 12.7. The molecule has 2 nitrogen and oxygen atoms in total. The first kappa shape index (κ1) is 15.8. The van der Waals surface area contributed by atoms with Crippen LogP contribution in [0.2, 0.25) is 0 Å². The number of likely N-dealkylation sites (tertiary alicyclic amines) is 1. The molecule has 0 aromatic heterocycles. The summed E-state index contributed by atoms with van der Waals surface area (Å²) in [4.78, 5) is 13.7. The molecule has 1 heterocycles. The van der Waals surface area contributed by atoms with Gasteiger partial charge in [0.2, 0.25) is 0 Å². The maximum atomic E-state index is 12.7. The molecule has 0 radical (unpaired) electrons. The highest BCUT2D eigenvalue weighted by molar-refractivity contribution is 14.1. The zero-order valence-corrected chi connectivity index (χ0v) is 12.9. The predicted octanol–water partition coefficient (Wildman–Crippen LogP) is 3.75. The van der Waals surface area contributed by atoms with E-state index in [0.29, 0.717) is 18.5 Å². The number of rotatable bonds is 3. The van der Waals surface area contributed by atoms with Gasteiger partial charge in [-0.2, -0.15) is 13.2 Å². The van der Waals surface area contributed by atoms with Crippen molar-refractivity contribution < 1.29 is 18.0 Å². The molecule has 1 fully saturated rings. The smallest absolute Gasteiger partial charge is 0.295 e. The van der Waals surface area contributed by atoms with Gasteiger partial charge in [-0.3, -0.25) is 9.69 Å². The summed E-state index contributed by atoms with van der Waals surface area (Å²) >= 11 is 2.14. The lowest BCUT2D eigenvalue weighted by Gasteiger charge is -2.33. The first-order chi connectivity index (χ1) is 9.36. The van der Waals surface area contributed by atoms with Crippen molar-refractivity contribution >= 4 is 28.4 Å². The van der Waals surface area contributed by atoms with Gasteiger partial charge in [0.25, 0.3) is 0 Å². The average molecular weight is 397 g/mol. The Morgan fingerprint density at radius 1 is 1.30 bits per heavy atom. The third kappa shape index (κ3) is 4.18. The van der Waals surface area contributed by atoms with Gasteiger partial charge in [0.1, 0.15) is 0 Å². The van der Waals surface area contributed by atoms with Crippen LogP contribution in [-0.4, -0.2) is 36.5 Å². The molecule has 1 aliphatic heterocycles. The third-order valence-electron chi connectivity index (χ3n) is 3.50. The molecule has 6 heteroatoms. The van der Waals surface area contributed by atoms with E-state index in [0.717, 1.165) is 3.57 Å². The third-order valence-corrected chi connectivity index (χ3v) is 4.22. The van der Waals surface area contributed by atoms with Crippen LogP contribution in [0.25, 0.3) is 0 Å². The quantitative estimate of drug-likeness (QED) is 0.572. The summed E-state index contributed by atoms with van der Waals surface area (Å²) in [5.41, 5.74) is 0.555. The molecule has 20 heavy (non-hydrogen) atoms. The fourth-order valence-electron chi connectivity index (χ4n) is 2.40. The maximum Gasteiger partial charge on any atom is 0.393 e. The van der Waals surface area contributed by atoms with Crippen LogP contribution in [0.3, 0.4) is 0 Å². The Kier molecular flexibility index (Phi) is 5.06. The Balaban J connectivity index is 1.96. The molecule has 1 aliphatic rings. The van der Waals surface area contributed by atoms with Crippen LogP contribution >= 0.6 is 22.6 Å². The largest absolute Gasteiger partial charge is 0.393 e. The molecule has 0 aliphatic carbocycles. The molecule has 2 rings (SSSR count). The van der Waals surface area contributed by atoms with E-state index >= 15 is 0 Å². The van der Waals surface area contributed by atoms with Gasteiger partial charge in [-0.25, -0.2) is 0 Å². The summed E-state index contributed by atoms with van der Waals surface area (Å²) in [5, 5.41) is 0. The number of carbonyl (C=O) groups is 1. The predicted molar refractivity (Wildman–Crippen MR) is 78.7 cm³/mol. The number of ketones is 1. The number of carbonyl (C=O) groups excluding carboxylic acids is 1. The van der Waals surface area contributed by atoms with Gasteiger partial charge in [0, 0.05) is 15.7 Å². The number of hydrogen-bond acceptors (Lipinski definition) is 2. The highest BCUT2D eigenvalue weighted by Crippen LogP contribution is 2.33. The zero-order chi connectivity index (χ0) is 14.8. The van der Waals surface area contributed by atoms with E-state index in [1.54, 1.807) is 17.0 Å². The van der Waals surface area contributed by atoms with E-state index in [4.69, 9.17) is 0 Å². The summed E-state index contributed by atoms with van der Waals surface area (Å²) in [5.74, 6) is -1.43. The van der Waals surface area contributed by atoms with Crippen molar-refractivity contribution in [2.75, 3.05) is 19.6 Å². The summed E-state index contributed by atoms with van der Waals surface area (Å²) in [6.45, 7) is 0.551. The minimum Gasteiger partial charge on any atom is -0.295 e. The van der Waals surface area contributed by atoms with Crippen molar-refractivity contribution in [2.45, 2.75) is 19.0 Å². The number of nitrogens with zero attached hydrogens (tertiary/aromatic N) is 1. The molecule has 0 spiro atoms. The molecule has 0 N–H and O–H groups in total. The van der Waals surface area contributed by atoms with Gasteiger partial charge in [-0.05, 0) is 54.1 Å². The molecule has 1 unspecified atom stereocenters. The van der Waals surface area contributed by atoms with Crippen molar-refractivity contribution in [3.8, 4) is 0 Å². The highest BCUT2D eigenvalue weighted by Gasteiger charge is 2.41. The van der Waals surface area contributed by atoms with E-state index in [-0.39, 0.29) is 25.3 Å². The monoisotopic (exact) mass is 397 g/mol. The lowest BCUT2D eigenvalue weighted by molar-refractivity contribution is -0.186. The molecule has 0 bridgehead atoms. The Morgan fingerprint density at radius 3 is 2.55 bits per heavy atom. The topological polar surface area (TPSA) is 20.3 Å². The van der Waals surface area contributed by atoms with Crippen LogP contribution in [0.1, 0.15) is 23.2 Å². The van der Waals surface area contributed by atoms with Crippen molar-refractivity contribution in [1.29, 1.82) is 0 Å². The van der Waals surface area contributed by atoms with E-state index < -0.39 is 12.1 Å². The minimum absolute atomic E-state index is 0.0627. The number of hydrogen-bond donors (Lipinski definition) is 0. The molecular weight excluding hydrogens is 382 g/mol. The van der Waals surface area contributed by atoms with Gasteiger partial charge in [0.05, 0.1) is 12.5 Å². The summed E-state index contributed by atoms with van der Waals surface area (Å²) in [6, 6.07) is 7.08. The van der Waals surface area contributed by atoms with Gasteiger partial charge >= 0.3 is 6.18 Å². The fraction of sp³-hybridized carbons (Fsp3) is 0.500. The molecule has 1 aromatic rings. The van der Waals surface area contributed by atoms with Gasteiger partial charge in [-0.15, -0.1) is 0 Å². The molecule has 110 valence electrons. The number of alkyl halides is 3. The molecule has 0 amide bonds. The standard InChI is InChI=1S/C14H15F3INO/c15-14(16,17)11-2-1-7-19(8-11)9-13(20)10-3-5-12(18)6-4-10/h3-6,11H,1-2,7-9H2. The lowest BCUT2D eigenvalue weighted by atomic mass is 9.97. The molecular formula is C14H15F3INO. The second kappa shape index (κ2) is 6.43. The number of benzene rings is 1. The number of halogens is 4. The molecule has 0 saturated carbocycles. The van der Waals surface area contributed by atoms with Crippen molar-refractivity contribution in [1.82, 2.24) is 4.90 Å². The molecule has 1 atom stereocenters. The number of piperidine rings is 1. The fourth-order valence-corrected chi connectivity index (χ4v) is 2.76. The Labute approximate surface area is 129 Å². The zero-order valence-electron chi connectivity index (χ0n) is 10.8. The minimum atomic E-state index is -4.16. The SMILES string of the molecule is O=C(CN1CCCC(C(F)(F)F)C1)c1ccc(I)cc1. The lowest BCUT2D eigenvalue weighted by Crippen LogP contribution is -2.43. The Bertz CT molecular complexity index is 472. The van der Waals surface area contributed by atoms with Crippen LogP contribution in [0.15, 0.2) is 24.3 Å². The molecule has 1 saturated heterocycles. The van der Waals surface area contributed by atoms with Gasteiger partial charge in [-0.1, -0.05) is 12.1 Å². The second-order valence-electron chi connectivity index (χ2n) is 5.05. The summed E-state index contributed by atoms with van der Waals surface area (Å²) in [7, 11) is 0. The summed E-state index contributed by atoms with van der Waals surface area (Å²) < 4.78 is 39.1. The van der Waals surface area contributed by atoms with Crippen LogP contribution in [0.5, 0.6) is 0 Å². The van der Waals surface area contributed by atoms with E-state index in [1.165, 1.54) is 0 Å². The van der Waals surface area contributed by atoms with Crippen molar-refractivity contribution in [3.05, 3.63) is 33.4 Å². The van der Waals surface area contributed by atoms with E-state index in [9.17, 15) is 18.0 Å². The van der Waals surface area contributed by atoms with E-state index in [2.05, 4.69) is 22.6 Å². The van der Waals surface area contributed by atoms with Crippen LogP contribution in [0, 0.1) is 9.49 Å². The summed E-state index contributed by atoms with van der Waals surface area (Å²) in [6.07, 6.45) is -3.51. The van der Waals surface area contributed by atoms with Crippen molar-refractivity contribution in [3.63, 3.8) is 0 Å². The van der Waals surface area contributed by atoms with Gasteiger partial charge < -0.3 is 0 Å². The molecule has 1 aromatic carbocycles. The van der Waals surface area contributed by atoms with Crippen molar-refractivity contribution in [2.24, 2.45) is 5.92 Å². The van der Waals surface area contributed by atoms with E-state index in [1.807, 2.05) is 12.1 Å². The second-order valence-corrected chi connectivity index (χ2v) is 6.29. The Morgan fingerprint density at radius 2 is 1.95 bits per heavy atom. The number of Topliss-reactive ketones (excluding diaryl/α,β-unsaturated/α-hetero) is 1. The highest BCUT2D eigenvalue weighted by atomic mass is 127. The van der Waals surface area contributed by atoms with Crippen LogP contribution < -0.4 is 0 Å². The first-order valence-electron chi connectivity index (χ1n) is 6.44. The van der Waals surface area contributed by atoms with Crippen LogP contribution in [-0.2, 0) is 0 Å². The average Bonchev–Trinajstić information content (AvgIpc) is 2.38. The Hall–Kier alpha value is -0.630. The normalized spacial score (nSPS) is 20.9. The first-order valence-corrected chi connectivity index (χ1v) is 7.52. The van der Waals surface area contributed by atoms with Crippen LogP contribution in [0.4, 0.5) is 13.2 Å². The van der Waals surface area contributed by atoms with Gasteiger partial charge in [0.15, 0.2) is 5.78 Å².